The molecule has 0 aliphatic carbocycles. The van der Waals surface area contributed by atoms with Crippen molar-refractivity contribution in [3.8, 4) is 5.75 Å². The third-order valence-corrected chi connectivity index (χ3v) is 4.73. The summed E-state index contributed by atoms with van der Waals surface area (Å²) in [7, 11) is 1.65. The Labute approximate surface area is 160 Å². The van der Waals surface area contributed by atoms with Crippen molar-refractivity contribution in [2.45, 2.75) is 45.3 Å². The van der Waals surface area contributed by atoms with Crippen LogP contribution in [0.25, 0.3) is 5.57 Å². The van der Waals surface area contributed by atoms with Gasteiger partial charge in [0.05, 0.1) is 0 Å². The van der Waals surface area contributed by atoms with Crippen LogP contribution in [0.1, 0.15) is 45.2 Å². The summed E-state index contributed by atoms with van der Waals surface area (Å²) in [5.74, 6) is 0.723. The highest BCUT2D eigenvalue weighted by Crippen LogP contribution is 2.49. The molecular formula is C21H26N4O2. The minimum absolute atomic E-state index is 0.140. The van der Waals surface area contributed by atoms with E-state index in [-0.39, 0.29) is 11.9 Å². The number of hydrogen-bond acceptors (Lipinski definition) is 5. The Hall–Kier alpha value is -2.89. The van der Waals surface area contributed by atoms with Crippen molar-refractivity contribution < 1.29 is 9.53 Å². The van der Waals surface area contributed by atoms with Gasteiger partial charge in [0.15, 0.2) is 11.5 Å². The first-order valence-corrected chi connectivity index (χ1v) is 8.89. The molecule has 0 bridgehead atoms. The Morgan fingerprint density at radius 2 is 2.11 bits per heavy atom. The minimum Gasteiger partial charge on any atom is -0.487 e. The Morgan fingerprint density at radius 3 is 2.70 bits per heavy atom. The predicted molar refractivity (Wildman–Crippen MR) is 109 cm³/mol. The van der Waals surface area contributed by atoms with Gasteiger partial charge in [-0.2, -0.15) is 0 Å². The molecule has 0 saturated carbocycles. The van der Waals surface area contributed by atoms with Crippen molar-refractivity contribution in [2.75, 3.05) is 7.05 Å². The molecule has 6 heteroatoms. The number of ether oxygens (including phenoxy) is 1. The van der Waals surface area contributed by atoms with Crippen LogP contribution in [0.3, 0.4) is 0 Å². The number of fused-ring (bicyclic) bond motifs is 2. The van der Waals surface area contributed by atoms with Gasteiger partial charge in [-0.3, -0.25) is 14.7 Å². The molecule has 6 nitrogen and oxygen atoms in total. The second kappa shape index (κ2) is 6.37. The number of nitrogens with zero attached hydrogens (tertiary/aromatic N) is 3. The van der Waals surface area contributed by atoms with E-state index in [0.717, 1.165) is 16.7 Å². The van der Waals surface area contributed by atoms with Crippen LogP contribution in [0, 0.1) is 0 Å². The van der Waals surface area contributed by atoms with Crippen molar-refractivity contribution in [2.24, 2.45) is 15.7 Å². The molecule has 2 heterocycles. The Bertz CT molecular complexity index is 907. The smallest absolute Gasteiger partial charge is 0.261 e. The lowest BCUT2D eigenvalue weighted by molar-refractivity contribution is -0.133. The summed E-state index contributed by atoms with van der Waals surface area (Å²) in [6, 6.07) is 5.70. The first-order chi connectivity index (χ1) is 12.6. The van der Waals surface area contributed by atoms with Crippen LogP contribution in [0.2, 0.25) is 0 Å². The van der Waals surface area contributed by atoms with Gasteiger partial charge < -0.3 is 10.5 Å². The normalized spacial score (nSPS) is 23.2. The molecule has 142 valence electrons. The molecule has 2 aliphatic rings. The zero-order valence-corrected chi connectivity index (χ0v) is 16.5. The molecule has 2 N–H and O–H groups in total. The number of benzene rings is 1. The number of hydrogen-bond donors (Lipinski definition) is 1. The number of carbonyl (C=O) groups excluding carboxylic acids is 1. The van der Waals surface area contributed by atoms with Crippen LogP contribution >= 0.6 is 0 Å². The molecule has 1 unspecified atom stereocenters. The maximum atomic E-state index is 13.1. The molecule has 1 atom stereocenters. The van der Waals surface area contributed by atoms with Gasteiger partial charge in [-0.05, 0) is 51.0 Å². The van der Waals surface area contributed by atoms with Crippen molar-refractivity contribution in [1.82, 2.24) is 4.90 Å². The molecule has 0 saturated heterocycles. The van der Waals surface area contributed by atoms with E-state index in [1.54, 1.807) is 19.5 Å². The van der Waals surface area contributed by atoms with Crippen LogP contribution in [-0.2, 0) is 10.3 Å². The maximum absolute atomic E-state index is 13.1. The summed E-state index contributed by atoms with van der Waals surface area (Å²) in [4.78, 5) is 23.3. The van der Waals surface area contributed by atoms with Crippen molar-refractivity contribution >= 4 is 23.7 Å². The highest BCUT2D eigenvalue weighted by atomic mass is 16.5. The van der Waals surface area contributed by atoms with Crippen LogP contribution in [-0.4, -0.2) is 35.6 Å². The number of likely N-dealkylation sites (N-methyl/N-ethyl adjacent to an activating group) is 1. The average Bonchev–Trinajstić information content (AvgIpc) is 2.77. The minimum atomic E-state index is -1.07. The fourth-order valence-corrected chi connectivity index (χ4v) is 3.53. The SMILES string of the molecule is C=C(C=NC=C(C)C)c1ccc2c(c1)C1(CC(C)(C)O2)N=C(N)N(C)C1=O. The van der Waals surface area contributed by atoms with Gasteiger partial charge in [-0.15, -0.1) is 0 Å². The molecule has 0 aromatic heterocycles. The van der Waals surface area contributed by atoms with E-state index in [1.807, 2.05) is 45.9 Å². The Balaban J connectivity index is 2.10. The van der Waals surface area contributed by atoms with Gasteiger partial charge in [-0.1, -0.05) is 18.2 Å². The van der Waals surface area contributed by atoms with Crippen molar-refractivity contribution in [3.63, 3.8) is 0 Å². The maximum Gasteiger partial charge on any atom is 0.261 e. The van der Waals surface area contributed by atoms with Crippen LogP contribution in [0.15, 0.2) is 46.5 Å². The van der Waals surface area contributed by atoms with Crippen molar-refractivity contribution in [3.05, 3.63) is 47.7 Å². The quantitative estimate of drug-likeness (QED) is 0.834. The summed E-state index contributed by atoms with van der Waals surface area (Å²) in [6.07, 6.45) is 3.89. The molecule has 1 amide bonds. The molecule has 1 aromatic carbocycles. The zero-order chi connectivity index (χ0) is 20.0. The third-order valence-electron chi connectivity index (χ3n) is 4.73. The molecule has 0 radical (unpaired) electrons. The predicted octanol–water partition coefficient (Wildman–Crippen LogP) is 3.24. The van der Waals surface area contributed by atoms with E-state index in [0.29, 0.717) is 17.7 Å². The zero-order valence-electron chi connectivity index (χ0n) is 16.5. The van der Waals surface area contributed by atoms with Gasteiger partial charge in [0.1, 0.15) is 11.4 Å². The van der Waals surface area contributed by atoms with Gasteiger partial charge in [0.25, 0.3) is 5.91 Å². The molecule has 1 aromatic rings. The largest absolute Gasteiger partial charge is 0.487 e. The van der Waals surface area contributed by atoms with Crippen LogP contribution < -0.4 is 10.5 Å². The molecule has 3 rings (SSSR count). The lowest BCUT2D eigenvalue weighted by Gasteiger charge is -2.41. The van der Waals surface area contributed by atoms with Crippen molar-refractivity contribution in [1.29, 1.82) is 0 Å². The number of aliphatic imine (C=N–C) groups is 2. The number of nitrogens with two attached hydrogens (primary N) is 1. The monoisotopic (exact) mass is 366 g/mol. The molecule has 0 fully saturated rings. The number of allylic oxidation sites excluding steroid dienone is 2. The number of rotatable bonds is 3. The third kappa shape index (κ3) is 3.27. The number of carbonyl (C=O) groups is 1. The van der Waals surface area contributed by atoms with Gasteiger partial charge in [-0.25, -0.2) is 4.99 Å². The first kappa shape index (κ1) is 18.9. The fourth-order valence-electron chi connectivity index (χ4n) is 3.53. The van der Waals surface area contributed by atoms with E-state index in [2.05, 4.69) is 16.6 Å². The van der Waals surface area contributed by atoms with E-state index >= 15 is 0 Å². The number of guanidine groups is 1. The highest BCUT2D eigenvalue weighted by Gasteiger charge is 2.55. The topological polar surface area (TPSA) is 80.3 Å². The first-order valence-electron chi connectivity index (χ1n) is 8.89. The second-order valence-electron chi connectivity index (χ2n) is 7.95. The second-order valence-corrected chi connectivity index (χ2v) is 7.95. The van der Waals surface area contributed by atoms with Gasteiger partial charge >= 0.3 is 0 Å². The summed E-state index contributed by atoms with van der Waals surface area (Å²) >= 11 is 0. The van der Waals surface area contributed by atoms with E-state index in [9.17, 15) is 4.79 Å². The summed E-state index contributed by atoms with van der Waals surface area (Å²) < 4.78 is 6.12. The summed E-state index contributed by atoms with van der Waals surface area (Å²) in [5, 5.41) is 0. The van der Waals surface area contributed by atoms with E-state index in [4.69, 9.17) is 10.5 Å². The van der Waals surface area contributed by atoms with E-state index in [1.165, 1.54) is 4.90 Å². The Kier molecular flexibility index (Phi) is 4.46. The molecule has 27 heavy (non-hydrogen) atoms. The molecule has 2 aliphatic heterocycles. The average molecular weight is 366 g/mol. The highest BCUT2D eigenvalue weighted by molar-refractivity contribution is 6.10. The van der Waals surface area contributed by atoms with Gasteiger partial charge in [0.2, 0.25) is 0 Å². The standard InChI is InChI=1S/C21H26N4O2/c1-13(2)10-23-11-14(3)15-7-8-17-16(9-15)21(12-20(4,5)27-17)18(26)25(6)19(22)24-21/h7-11H,3,12H2,1-2,4-6H3,(H2,22,24). The van der Waals surface area contributed by atoms with Gasteiger partial charge in [0, 0.05) is 31.4 Å². The van der Waals surface area contributed by atoms with Crippen LogP contribution in [0.4, 0.5) is 0 Å². The molecule has 1 spiro atoms. The lowest BCUT2D eigenvalue weighted by atomic mass is 9.77. The van der Waals surface area contributed by atoms with E-state index < -0.39 is 11.1 Å². The summed E-state index contributed by atoms with van der Waals surface area (Å²) in [6.45, 7) is 11.9. The number of amides is 1. The summed E-state index contributed by atoms with van der Waals surface area (Å²) in [5.41, 5.74) is 7.79. The lowest BCUT2D eigenvalue weighted by Crippen LogP contribution is -2.49. The van der Waals surface area contributed by atoms with Crippen LogP contribution in [0.5, 0.6) is 5.75 Å². The molecular weight excluding hydrogens is 340 g/mol. The Morgan fingerprint density at radius 1 is 1.41 bits per heavy atom. The fraction of sp³-hybridized carbons (Fsp3) is 0.381.